The Balaban J connectivity index is 1.36. The van der Waals surface area contributed by atoms with Crippen LogP contribution in [0.25, 0.3) is 10.2 Å². The highest BCUT2D eigenvalue weighted by Gasteiger charge is 2.31. The van der Waals surface area contributed by atoms with E-state index in [1.165, 1.54) is 29.7 Å². The fourth-order valence-electron chi connectivity index (χ4n) is 4.70. The van der Waals surface area contributed by atoms with Gasteiger partial charge in [0, 0.05) is 64.0 Å². The highest BCUT2D eigenvalue weighted by molar-refractivity contribution is 7.20. The number of hydrogen-bond donors (Lipinski definition) is 0. The fourth-order valence-corrected chi connectivity index (χ4v) is 5.95. The number of fused-ring (bicyclic) bond motifs is 1. The van der Waals surface area contributed by atoms with Crippen LogP contribution in [-0.2, 0) is 6.54 Å². The molecule has 162 valence electrons. The number of amides is 1. The van der Waals surface area contributed by atoms with Crippen molar-refractivity contribution in [3.63, 3.8) is 0 Å². The molecule has 0 unspecified atom stereocenters. The topological polar surface area (TPSA) is 65.5 Å². The first-order valence-corrected chi connectivity index (χ1v) is 11.8. The van der Waals surface area contributed by atoms with Gasteiger partial charge in [0.25, 0.3) is 5.91 Å². The zero-order valence-corrected chi connectivity index (χ0v) is 18.9. The van der Waals surface area contributed by atoms with E-state index in [4.69, 9.17) is 4.98 Å². The quantitative estimate of drug-likeness (QED) is 0.611. The summed E-state index contributed by atoms with van der Waals surface area (Å²) in [5.74, 6) is 1.26. The van der Waals surface area contributed by atoms with E-state index in [1.807, 2.05) is 32.4 Å². The van der Waals surface area contributed by atoms with Gasteiger partial charge >= 0.3 is 0 Å². The maximum atomic E-state index is 12.9. The summed E-state index contributed by atoms with van der Waals surface area (Å²) in [5, 5.41) is 1.13. The zero-order valence-electron chi connectivity index (χ0n) is 18.1. The molecular weight excluding hydrogens is 408 g/mol. The van der Waals surface area contributed by atoms with Crippen LogP contribution in [0.5, 0.6) is 0 Å². The molecule has 0 N–H and O–H groups in total. The average Bonchev–Trinajstić information content (AvgIpc) is 3.52. The molecule has 1 amide bonds. The van der Waals surface area contributed by atoms with Crippen LogP contribution in [-0.4, -0.2) is 70.9 Å². The van der Waals surface area contributed by atoms with Gasteiger partial charge in [0.2, 0.25) is 5.95 Å². The molecule has 5 rings (SSSR count). The molecular formula is C23H28N6OS. The van der Waals surface area contributed by atoms with Crippen molar-refractivity contribution in [3.05, 3.63) is 46.7 Å². The standard InChI is InChI=1S/C23H28N6OS/c1-27(2)22(30)20-19(18-6-5-9-24-21(18)31-20)16-8-13-28(14-16)15-17-7-10-25-23(26-17)29-11-3-4-12-29/h5-7,9-10,16H,3-4,8,11-15H2,1-2H3/t16-/m0/s1. The summed E-state index contributed by atoms with van der Waals surface area (Å²) >= 11 is 1.52. The van der Waals surface area contributed by atoms with Crippen LogP contribution < -0.4 is 4.90 Å². The predicted molar refractivity (Wildman–Crippen MR) is 124 cm³/mol. The molecule has 0 aliphatic carbocycles. The van der Waals surface area contributed by atoms with Gasteiger partial charge in [-0.1, -0.05) is 6.07 Å². The van der Waals surface area contributed by atoms with Crippen molar-refractivity contribution in [3.8, 4) is 0 Å². The minimum atomic E-state index is 0.0718. The predicted octanol–water partition coefficient (Wildman–Crippen LogP) is 3.38. The van der Waals surface area contributed by atoms with E-state index in [1.54, 1.807) is 11.1 Å². The average molecular weight is 437 g/mol. The zero-order chi connectivity index (χ0) is 21.4. The second-order valence-corrected chi connectivity index (χ2v) is 9.66. The molecule has 3 aromatic heterocycles. The Hall–Kier alpha value is -2.58. The molecule has 8 heteroatoms. The number of hydrogen-bond acceptors (Lipinski definition) is 7. The van der Waals surface area contributed by atoms with E-state index < -0.39 is 0 Å². The van der Waals surface area contributed by atoms with Crippen molar-refractivity contribution in [1.82, 2.24) is 24.8 Å². The Labute approximate surface area is 186 Å². The molecule has 2 saturated heterocycles. The van der Waals surface area contributed by atoms with Crippen molar-refractivity contribution in [2.45, 2.75) is 31.7 Å². The highest BCUT2D eigenvalue weighted by Crippen LogP contribution is 2.40. The normalized spacial score (nSPS) is 19.4. The Kier molecular flexibility index (Phi) is 5.58. The largest absolute Gasteiger partial charge is 0.344 e. The molecule has 0 bridgehead atoms. The molecule has 0 aromatic carbocycles. The summed E-state index contributed by atoms with van der Waals surface area (Å²) in [4.78, 5) is 34.9. The summed E-state index contributed by atoms with van der Waals surface area (Å²) in [6.45, 7) is 4.85. The number of aromatic nitrogens is 3. The third-order valence-corrected chi connectivity index (χ3v) is 7.38. The minimum Gasteiger partial charge on any atom is -0.344 e. The van der Waals surface area contributed by atoms with Gasteiger partial charge in [-0.25, -0.2) is 15.0 Å². The van der Waals surface area contributed by atoms with E-state index in [0.29, 0.717) is 5.92 Å². The number of carbonyl (C=O) groups is 1. The van der Waals surface area contributed by atoms with Crippen molar-refractivity contribution >= 4 is 33.4 Å². The van der Waals surface area contributed by atoms with Crippen molar-refractivity contribution in [2.75, 3.05) is 45.2 Å². The third-order valence-electron chi connectivity index (χ3n) is 6.26. The molecule has 0 radical (unpaired) electrons. The lowest BCUT2D eigenvalue weighted by atomic mass is 9.95. The van der Waals surface area contributed by atoms with Gasteiger partial charge in [0.1, 0.15) is 4.83 Å². The van der Waals surface area contributed by atoms with Gasteiger partial charge in [-0.05, 0) is 43.5 Å². The van der Waals surface area contributed by atoms with E-state index in [2.05, 4.69) is 25.8 Å². The molecule has 7 nitrogen and oxygen atoms in total. The molecule has 0 saturated carbocycles. The summed E-state index contributed by atoms with van der Waals surface area (Å²) in [7, 11) is 3.63. The highest BCUT2D eigenvalue weighted by atomic mass is 32.1. The van der Waals surface area contributed by atoms with E-state index in [0.717, 1.165) is 65.9 Å². The number of carbonyl (C=O) groups excluding carboxylic acids is 1. The maximum Gasteiger partial charge on any atom is 0.263 e. The van der Waals surface area contributed by atoms with E-state index in [9.17, 15) is 4.79 Å². The SMILES string of the molecule is CN(C)C(=O)c1sc2ncccc2c1[C@H]1CCN(Cc2ccnc(N3CCCC3)n2)C1. The van der Waals surface area contributed by atoms with E-state index in [-0.39, 0.29) is 5.91 Å². The summed E-state index contributed by atoms with van der Waals surface area (Å²) < 4.78 is 0. The molecule has 2 aliphatic heterocycles. The summed E-state index contributed by atoms with van der Waals surface area (Å²) in [5.41, 5.74) is 2.24. The maximum absolute atomic E-state index is 12.9. The Morgan fingerprint density at radius 1 is 1.16 bits per heavy atom. The second-order valence-electron chi connectivity index (χ2n) is 8.66. The van der Waals surface area contributed by atoms with Crippen LogP contribution in [0.1, 0.15) is 46.1 Å². The van der Waals surface area contributed by atoms with Crippen LogP contribution in [0.3, 0.4) is 0 Å². The smallest absolute Gasteiger partial charge is 0.263 e. The van der Waals surface area contributed by atoms with Gasteiger partial charge in [0.15, 0.2) is 0 Å². The minimum absolute atomic E-state index is 0.0718. The third kappa shape index (κ3) is 4.02. The second kappa shape index (κ2) is 8.51. The number of anilines is 1. The van der Waals surface area contributed by atoms with Crippen LogP contribution in [0.2, 0.25) is 0 Å². The summed E-state index contributed by atoms with van der Waals surface area (Å²) in [6.07, 6.45) is 7.17. The first-order chi connectivity index (χ1) is 15.1. The lowest BCUT2D eigenvalue weighted by molar-refractivity contribution is 0.0831. The summed E-state index contributed by atoms with van der Waals surface area (Å²) in [6, 6.07) is 6.10. The molecule has 0 spiro atoms. The lowest BCUT2D eigenvalue weighted by Crippen LogP contribution is -2.24. The monoisotopic (exact) mass is 436 g/mol. The Bertz CT molecular complexity index is 1090. The number of pyridine rings is 1. The van der Waals surface area contributed by atoms with Gasteiger partial charge < -0.3 is 9.80 Å². The van der Waals surface area contributed by atoms with Gasteiger partial charge in [-0.3, -0.25) is 9.69 Å². The van der Waals surface area contributed by atoms with E-state index >= 15 is 0 Å². The molecule has 3 aromatic rings. The molecule has 2 aliphatic rings. The Morgan fingerprint density at radius 2 is 2.00 bits per heavy atom. The van der Waals surface area contributed by atoms with Gasteiger partial charge in [-0.2, -0.15) is 0 Å². The molecule has 2 fully saturated rings. The molecule has 1 atom stereocenters. The number of nitrogens with zero attached hydrogens (tertiary/aromatic N) is 6. The molecule has 31 heavy (non-hydrogen) atoms. The molecule has 5 heterocycles. The van der Waals surface area contributed by atoms with Gasteiger partial charge in [0.05, 0.1) is 10.6 Å². The van der Waals surface area contributed by atoms with Crippen LogP contribution in [0, 0.1) is 0 Å². The van der Waals surface area contributed by atoms with Crippen molar-refractivity contribution < 1.29 is 4.79 Å². The number of rotatable bonds is 5. The Morgan fingerprint density at radius 3 is 2.81 bits per heavy atom. The first-order valence-electron chi connectivity index (χ1n) is 11.0. The lowest BCUT2D eigenvalue weighted by Gasteiger charge is -2.19. The first kappa shape index (κ1) is 20.3. The number of thiophene rings is 1. The van der Waals surface area contributed by atoms with Crippen LogP contribution in [0.4, 0.5) is 5.95 Å². The van der Waals surface area contributed by atoms with Crippen molar-refractivity contribution in [2.24, 2.45) is 0 Å². The van der Waals surface area contributed by atoms with Crippen LogP contribution >= 0.6 is 11.3 Å². The number of likely N-dealkylation sites (tertiary alicyclic amines) is 1. The van der Waals surface area contributed by atoms with Crippen molar-refractivity contribution in [1.29, 1.82) is 0 Å². The fraction of sp³-hybridized carbons (Fsp3) is 0.478. The van der Waals surface area contributed by atoms with Gasteiger partial charge in [-0.15, -0.1) is 11.3 Å². The van der Waals surface area contributed by atoms with Crippen LogP contribution in [0.15, 0.2) is 30.6 Å².